The Morgan fingerprint density at radius 2 is 1.95 bits per heavy atom. The van der Waals surface area contributed by atoms with Gasteiger partial charge in [-0.1, -0.05) is 26.7 Å². The summed E-state index contributed by atoms with van der Waals surface area (Å²) in [5.74, 6) is 1.79. The molecule has 0 heterocycles. The van der Waals surface area contributed by atoms with Crippen LogP contribution in [0.1, 0.15) is 52.4 Å². The molecule has 3 atom stereocenters. The molecule has 1 amide bonds. The first kappa shape index (κ1) is 17.4. The fourth-order valence-electron chi connectivity index (χ4n) is 3.30. The standard InChI is InChI=1S/C16H32N2O2/c1-12(2)7-13(9-17)8-16(20)18-10-14-5-3-4-6-15(14)11-19/h12-15,19H,3-11,17H2,1-2H3,(H,18,20)/t13-,14?,15?/m0/s1. The summed E-state index contributed by atoms with van der Waals surface area (Å²) in [5.41, 5.74) is 5.74. The lowest BCUT2D eigenvalue weighted by molar-refractivity contribution is -0.122. The fourth-order valence-corrected chi connectivity index (χ4v) is 3.30. The third kappa shape index (κ3) is 6.23. The lowest BCUT2D eigenvalue weighted by atomic mass is 9.79. The third-order valence-corrected chi connectivity index (χ3v) is 4.47. The Morgan fingerprint density at radius 1 is 1.30 bits per heavy atom. The Kier molecular flexibility index (Phi) is 8.15. The van der Waals surface area contributed by atoms with Crippen molar-refractivity contribution >= 4 is 5.91 Å². The number of nitrogens with two attached hydrogens (primary N) is 1. The van der Waals surface area contributed by atoms with E-state index in [1.807, 2.05) is 0 Å². The second-order valence-electron chi connectivity index (χ2n) is 6.73. The van der Waals surface area contributed by atoms with Gasteiger partial charge in [0.05, 0.1) is 0 Å². The van der Waals surface area contributed by atoms with E-state index in [1.54, 1.807) is 0 Å². The number of aliphatic hydroxyl groups is 1. The summed E-state index contributed by atoms with van der Waals surface area (Å²) in [6.07, 6.45) is 6.18. The molecular weight excluding hydrogens is 252 g/mol. The predicted molar refractivity (Wildman–Crippen MR) is 82.2 cm³/mol. The minimum Gasteiger partial charge on any atom is -0.396 e. The summed E-state index contributed by atoms with van der Waals surface area (Å²) >= 11 is 0. The Morgan fingerprint density at radius 3 is 2.50 bits per heavy atom. The Balaban J connectivity index is 2.30. The smallest absolute Gasteiger partial charge is 0.220 e. The molecule has 1 aliphatic rings. The van der Waals surface area contributed by atoms with Crippen LogP contribution in [0.15, 0.2) is 0 Å². The zero-order chi connectivity index (χ0) is 15.0. The van der Waals surface area contributed by atoms with E-state index in [4.69, 9.17) is 5.73 Å². The van der Waals surface area contributed by atoms with E-state index in [0.717, 1.165) is 19.3 Å². The van der Waals surface area contributed by atoms with Crippen LogP contribution in [0.25, 0.3) is 0 Å². The lowest BCUT2D eigenvalue weighted by Crippen LogP contribution is -2.36. The summed E-state index contributed by atoms with van der Waals surface area (Å²) in [6.45, 7) is 5.86. The molecular formula is C16H32N2O2. The first-order valence-corrected chi connectivity index (χ1v) is 8.14. The molecule has 118 valence electrons. The first-order valence-electron chi connectivity index (χ1n) is 8.14. The number of aliphatic hydroxyl groups excluding tert-OH is 1. The zero-order valence-corrected chi connectivity index (χ0v) is 13.1. The second kappa shape index (κ2) is 9.35. The van der Waals surface area contributed by atoms with Crippen LogP contribution in [0.4, 0.5) is 0 Å². The summed E-state index contributed by atoms with van der Waals surface area (Å²) in [4.78, 5) is 12.0. The van der Waals surface area contributed by atoms with Gasteiger partial charge >= 0.3 is 0 Å². The average Bonchev–Trinajstić information content (AvgIpc) is 2.44. The van der Waals surface area contributed by atoms with Crippen molar-refractivity contribution < 1.29 is 9.90 Å². The number of hydrogen-bond donors (Lipinski definition) is 3. The van der Waals surface area contributed by atoms with Gasteiger partial charge in [-0.3, -0.25) is 4.79 Å². The van der Waals surface area contributed by atoms with Gasteiger partial charge in [-0.2, -0.15) is 0 Å². The van der Waals surface area contributed by atoms with Crippen molar-refractivity contribution in [2.45, 2.75) is 52.4 Å². The largest absolute Gasteiger partial charge is 0.396 e. The van der Waals surface area contributed by atoms with Crippen LogP contribution in [-0.4, -0.2) is 30.7 Å². The number of carbonyl (C=O) groups is 1. The molecule has 0 spiro atoms. The normalized spacial score (nSPS) is 24.6. The summed E-state index contributed by atoms with van der Waals surface area (Å²) in [6, 6.07) is 0. The maximum atomic E-state index is 12.0. The van der Waals surface area contributed by atoms with Gasteiger partial charge < -0.3 is 16.2 Å². The molecule has 2 unspecified atom stereocenters. The van der Waals surface area contributed by atoms with E-state index in [-0.39, 0.29) is 18.4 Å². The second-order valence-corrected chi connectivity index (χ2v) is 6.73. The van der Waals surface area contributed by atoms with E-state index in [2.05, 4.69) is 19.2 Å². The number of nitrogens with one attached hydrogen (secondary N) is 1. The molecule has 4 nitrogen and oxygen atoms in total. The molecule has 4 N–H and O–H groups in total. The Hall–Kier alpha value is -0.610. The van der Waals surface area contributed by atoms with Gasteiger partial charge in [0.2, 0.25) is 5.91 Å². The summed E-state index contributed by atoms with van der Waals surface area (Å²) < 4.78 is 0. The van der Waals surface area contributed by atoms with E-state index in [9.17, 15) is 9.90 Å². The molecule has 1 rings (SSSR count). The fraction of sp³-hybridized carbons (Fsp3) is 0.938. The van der Waals surface area contributed by atoms with E-state index in [0.29, 0.717) is 37.3 Å². The summed E-state index contributed by atoms with van der Waals surface area (Å²) in [5, 5.41) is 12.4. The summed E-state index contributed by atoms with van der Waals surface area (Å²) in [7, 11) is 0. The molecule has 0 aliphatic heterocycles. The van der Waals surface area contributed by atoms with Gasteiger partial charge in [0.15, 0.2) is 0 Å². The molecule has 0 radical (unpaired) electrons. The molecule has 0 aromatic rings. The van der Waals surface area contributed by atoms with Crippen LogP contribution in [0, 0.1) is 23.7 Å². The van der Waals surface area contributed by atoms with Crippen LogP contribution in [0.3, 0.4) is 0 Å². The first-order chi connectivity index (χ1) is 9.56. The van der Waals surface area contributed by atoms with Gasteiger partial charge in [-0.25, -0.2) is 0 Å². The van der Waals surface area contributed by atoms with Crippen molar-refractivity contribution in [3.05, 3.63) is 0 Å². The molecule has 0 saturated heterocycles. The van der Waals surface area contributed by atoms with Crippen molar-refractivity contribution in [2.24, 2.45) is 29.4 Å². The monoisotopic (exact) mass is 284 g/mol. The minimum absolute atomic E-state index is 0.114. The number of hydrogen-bond acceptors (Lipinski definition) is 3. The van der Waals surface area contributed by atoms with Crippen molar-refractivity contribution in [1.29, 1.82) is 0 Å². The highest BCUT2D eigenvalue weighted by molar-refractivity contribution is 5.76. The van der Waals surface area contributed by atoms with E-state index in [1.165, 1.54) is 12.8 Å². The quantitative estimate of drug-likeness (QED) is 0.637. The Bertz CT molecular complexity index is 282. The third-order valence-electron chi connectivity index (χ3n) is 4.47. The SMILES string of the molecule is CC(C)C[C@H](CN)CC(=O)NCC1CCCCC1CO. The highest BCUT2D eigenvalue weighted by atomic mass is 16.3. The molecule has 20 heavy (non-hydrogen) atoms. The topological polar surface area (TPSA) is 75.4 Å². The van der Waals surface area contributed by atoms with E-state index >= 15 is 0 Å². The maximum Gasteiger partial charge on any atom is 0.220 e. The van der Waals surface area contributed by atoms with Gasteiger partial charge in [0.25, 0.3) is 0 Å². The average molecular weight is 284 g/mol. The van der Waals surface area contributed by atoms with Crippen molar-refractivity contribution in [3.63, 3.8) is 0 Å². The molecule has 1 aliphatic carbocycles. The highest BCUT2D eigenvalue weighted by Crippen LogP contribution is 2.29. The zero-order valence-electron chi connectivity index (χ0n) is 13.1. The van der Waals surface area contributed by atoms with Crippen LogP contribution in [0.2, 0.25) is 0 Å². The van der Waals surface area contributed by atoms with Crippen LogP contribution in [0.5, 0.6) is 0 Å². The number of amides is 1. The molecule has 4 heteroatoms. The van der Waals surface area contributed by atoms with Crippen molar-refractivity contribution in [3.8, 4) is 0 Å². The van der Waals surface area contributed by atoms with Gasteiger partial charge in [0, 0.05) is 19.6 Å². The van der Waals surface area contributed by atoms with Crippen LogP contribution < -0.4 is 11.1 Å². The van der Waals surface area contributed by atoms with Gasteiger partial charge in [-0.05, 0) is 49.5 Å². The molecule has 0 aromatic heterocycles. The molecule has 1 fully saturated rings. The highest BCUT2D eigenvalue weighted by Gasteiger charge is 2.25. The van der Waals surface area contributed by atoms with Crippen LogP contribution in [-0.2, 0) is 4.79 Å². The van der Waals surface area contributed by atoms with Gasteiger partial charge in [0.1, 0.15) is 0 Å². The van der Waals surface area contributed by atoms with Crippen LogP contribution >= 0.6 is 0 Å². The Labute approximate surface area is 123 Å². The molecule has 1 saturated carbocycles. The molecule has 0 aromatic carbocycles. The van der Waals surface area contributed by atoms with Crippen molar-refractivity contribution in [1.82, 2.24) is 5.32 Å². The molecule has 0 bridgehead atoms. The van der Waals surface area contributed by atoms with Gasteiger partial charge in [-0.15, -0.1) is 0 Å². The van der Waals surface area contributed by atoms with Crippen molar-refractivity contribution in [2.75, 3.05) is 19.7 Å². The minimum atomic E-state index is 0.114. The number of rotatable bonds is 8. The van der Waals surface area contributed by atoms with E-state index < -0.39 is 0 Å². The number of carbonyl (C=O) groups excluding carboxylic acids is 1. The maximum absolute atomic E-state index is 12.0. The predicted octanol–water partition coefficient (Wildman–Crippen LogP) is 1.91. The lowest BCUT2D eigenvalue weighted by Gasteiger charge is -2.30.